The fourth-order valence-electron chi connectivity index (χ4n) is 5.10. The maximum absolute atomic E-state index is 13.3. The van der Waals surface area contributed by atoms with Crippen LogP contribution in [0, 0.1) is 12.8 Å². The average molecular weight is 399 g/mol. The Balaban J connectivity index is 1.36. The molecule has 0 spiro atoms. The van der Waals surface area contributed by atoms with E-state index in [1.165, 1.54) is 31.2 Å². The van der Waals surface area contributed by atoms with Crippen molar-refractivity contribution in [3.63, 3.8) is 0 Å². The topological polar surface area (TPSA) is 55.9 Å². The zero-order valence-corrected chi connectivity index (χ0v) is 17.6. The van der Waals surface area contributed by atoms with E-state index in [4.69, 9.17) is 0 Å². The average Bonchev–Trinajstić information content (AvgIpc) is 3.45. The number of carbonyl (C=O) groups excluding carboxylic acids is 2. The van der Waals surface area contributed by atoms with Gasteiger partial charge in [0.25, 0.3) is 0 Å². The summed E-state index contributed by atoms with van der Waals surface area (Å²) in [5, 5.41) is 3.00. The van der Waals surface area contributed by atoms with Crippen LogP contribution >= 0.6 is 0 Å². The predicted molar refractivity (Wildman–Crippen MR) is 115 cm³/mol. The Kier molecular flexibility index (Phi) is 6.38. The SMILES string of the molecule is Cc1ccc(NC(=O)N2CCN(C(C(=O)N3CCCC3)C3CCCC3)CC2)cc1. The third kappa shape index (κ3) is 4.74. The molecule has 0 radical (unpaired) electrons. The van der Waals surface area contributed by atoms with E-state index in [0.717, 1.165) is 44.7 Å². The molecule has 0 bridgehead atoms. The molecule has 4 rings (SSSR count). The van der Waals surface area contributed by atoms with Crippen LogP contribution in [0.25, 0.3) is 0 Å². The van der Waals surface area contributed by atoms with Crippen molar-refractivity contribution >= 4 is 17.6 Å². The summed E-state index contributed by atoms with van der Waals surface area (Å²) < 4.78 is 0. The van der Waals surface area contributed by atoms with Crippen LogP contribution in [0.2, 0.25) is 0 Å². The molecule has 1 atom stereocenters. The molecule has 1 aromatic rings. The highest BCUT2D eigenvalue weighted by Crippen LogP contribution is 2.32. The maximum Gasteiger partial charge on any atom is 0.321 e. The molecule has 2 aliphatic heterocycles. The van der Waals surface area contributed by atoms with Crippen molar-refractivity contribution in [1.29, 1.82) is 0 Å². The number of urea groups is 1. The Morgan fingerprint density at radius 1 is 0.862 bits per heavy atom. The summed E-state index contributed by atoms with van der Waals surface area (Å²) >= 11 is 0. The second-order valence-corrected chi connectivity index (χ2v) is 8.84. The van der Waals surface area contributed by atoms with Crippen LogP contribution in [0.1, 0.15) is 44.1 Å². The number of nitrogens with zero attached hydrogens (tertiary/aromatic N) is 3. The van der Waals surface area contributed by atoms with Crippen molar-refractivity contribution in [2.24, 2.45) is 5.92 Å². The Morgan fingerprint density at radius 3 is 2.10 bits per heavy atom. The summed E-state index contributed by atoms with van der Waals surface area (Å²) in [5.74, 6) is 0.822. The first kappa shape index (κ1) is 20.2. The third-order valence-electron chi connectivity index (χ3n) is 6.81. The number of piperazine rings is 1. The molecule has 29 heavy (non-hydrogen) atoms. The lowest BCUT2D eigenvalue weighted by atomic mass is 9.94. The molecule has 0 aromatic heterocycles. The first-order valence-corrected chi connectivity index (χ1v) is 11.3. The van der Waals surface area contributed by atoms with Gasteiger partial charge >= 0.3 is 6.03 Å². The van der Waals surface area contributed by atoms with Crippen molar-refractivity contribution < 1.29 is 9.59 Å². The summed E-state index contributed by atoms with van der Waals surface area (Å²) in [6.07, 6.45) is 7.09. The molecule has 1 unspecified atom stereocenters. The van der Waals surface area contributed by atoms with Crippen molar-refractivity contribution in [2.45, 2.75) is 51.5 Å². The molecule has 3 fully saturated rings. The molecule has 2 saturated heterocycles. The summed E-state index contributed by atoms with van der Waals surface area (Å²) in [6, 6.07) is 7.85. The Bertz CT molecular complexity index is 700. The van der Waals surface area contributed by atoms with Gasteiger partial charge in [-0.25, -0.2) is 4.79 Å². The van der Waals surface area contributed by atoms with Gasteiger partial charge in [-0.15, -0.1) is 0 Å². The number of benzene rings is 1. The molecule has 1 N–H and O–H groups in total. The zero-order chi connectivity index (χ0) is 20.2. The van der Waals surface area contributed by atoms with E-state index in [0.29, 0.717) is 24.9 Å². The Morgan fingerprint density at radius 2 is 1.48 bits per heavy atom. The van der Waals surface area contributed by atoms with E-state index >= 15 is 0 Å². The highest BCUT2D eigenvalue weighted by atomic mass is 16.2. The summed E-state index contributed by atoms with van der Waals surface area (Å²) in [4.78, 5) is 32.3. The zero-order valence-electron chi connectivity index (χ0n) is 17.6. The number of carbonyl (C=O) groups is 2. The number of hydrogen-bond acceptors (Lipinski definition) is 3. The normalized spacial score (nSPS) is 22.1. The molecule has 6 heteroatoms. The second-order valence-electron chi connectivity index (χ2n) is 8.84. The van der Waals surface area contributed by atoms with Crippen LogP contribution in [-0.4, -0.2) is 71.9 Å². The van der Waals surface area contributed by atoms with Gasteiger partial charge in [-0.2, -0.15) is 0 Å². The number of aryl methyl sites for hydroxylation is 1. The van der Waals surface area contributed by atoms with Gasteiger partial charge < -0.3 is 15.1 Å². The summed E-state index contributed by atoms with van der Waals surface area (Å²) in [6.45, 7) is 6.78. The highest BCUT2D eigenvalue weighted by molar-refractivity contribution is 5.89. The molecule has 6 nitrogen and oxygen atoms in total. The molecular formula is C23H34N4O2. The van der Waals surface area contributed by atoms with Crippen LogP contribution in [0.15, 0.2) is 24.3 Å². The van der Waals surface area contributed by atoms with E-state index in [1.54, 1.807) is 0 Å². The fourth-order valence-corrected chi connectivity index (χ4v) is 5.10. The van der Waals surface area contributed by atoms with Crippen LogP contribution in [0.4, 0.5) is 10.5 Å². The van der Waals surface area contributed by atoms with Crippen molar-refractivity contribution in [2.75, 3.05) is 44.6 Å². The molecule has 3 aliphatic rings. The Labute approximate surface area is 174 Å². The first-order chi connectivity index (χ1) is 14.1. The third-order valence-corrected chi connectivity index (χ3v) is 6.81. The smallest absolute Gasteiger partial charge is 0.321 e. The highest BCUT2D eigenvalue weighted by Gasteiger charge is 2.39. The number of anilines is 1. The Hall–Kier alpha value is -2.08. The van der Waals surface area contributed by atoms with Gasteiger partial charge in [0.2, 0.25) is 5.91 Å². The van der Waals surface area contributed by atoms with Crippen LogP contribution in [-0.2, 0) is 4.79 Å². The van der Waals surface area contributed by atoms with E-state index in [-0.39, 0.29) is 12.1 Å². The molecular weight excluding hydrogens is 364 g/mol. The number of amides is 3. The van der Waals surface area contributed by atoms with E-state index in [2.05, 4.69) is 15.1 Å². The van der Waals surface area contributed by atoms with Gasteiger partial charge in [0.1, 0.15) is 0 Å². The first-order valence-electron chi connectivity index (χ1n) is 11.3. The van der Waals surface area contributed by atoms with Crippen LogP contribution in [0.5, 0.6) is 0 Å². The standard InChI is InChI=1S/C23H34N4O2/c1-18-8-10-20(11-9-18)24-23(29)27-16-14-25(15-17-27)21(19-6-2-3-7-19)22(28)26-12-4-5-13-26/h8-11,19,21H,2-7,12-17H2,1H3,(H,24,29). The molecule has 1 aromatic carbocycles. The lowest BCUT2D eigenvalue weighted by Crippen LogP contribution is -2.58. The molecule has 1 saturated carbocycles. The summed E-state index contributed by atoms with van der Waals surface area (Å²) in [5.41, 5.74) is 2.01. The van der Waals surface area contributed by atoms with Gasteiger partial charge in [0, 0.05) is 45.0 Å². The fraction of sp³-hybridized carbons (Fsp3) is 0.652. The predicted octanol–water partition coefficient (Wildman–Crippen LogP) is 3.33. The minimum Gasteiger partial charge on any atom is -0.341 e. The lowest BCUT2D eigenvalue weighted by molar-refractivity contribution is -0.138. The largest absolute Gasteiger partial charge is 0.341 e. The lowest BCUT2D eigenvalue weighted by Gasteiger charge is -2.41. The van der Waals surface area contributed by atoms with E-state index in [1.807, 2.05) is 36.1 Å². The second kappa shape index (κ2) is 9.16. The minimum absolute atomic E-state index is 0.0120. The molecule has 1 aliphatic carbocycles. The number of nitrogens with one attached hydrogen (secondary N) is 1. The van der Waals surface area contributed by atoms with Gasteiger partial charge in [0.15, 0.2) is 0 Å². The monoisotopic (exact) mass is 398 g/mol. The molecule has 3 amide bonds. The molecule has 158 valence electrons. The van der Waals surface area contributed by atoms with Gasteiger partial charge in [0.05, 0.1) is 6.04 Å². The number of hydrogen-bond donors (Lipinski definition) is 1. The van der Waals surface area contributed by atoms with Crippen LogP contribution in [0.3, 0.4) is 0 Å². The summed E-state index contributed by atoms with van der Waals surface area (Å²) in [7, 11) is 0. The minimum atomic E-state index is -0.0446. The van der Waals surface area contributed by atoms with E-state index in [9.17, 15) is 9.59 Å². The van der Waals surface area contributed by atoms with Crippen molar-refractivity contribution in [1.82, 2.24) is 14.7 Å². The number of likely N-dealkylation sites (tertiary alicyclic amines) is 1. The van der Waals surface area contributed by atoms with E-state index < -0.39 is 0 Å². The van der Waals surface area contributed by atoms with Gasteiger partial charge in [-0.05, 0) is 50.7 Å². The van der Waals surface area contributed by atoms with Crippen molar-refractivity contribution in [3.8, 4) is 0 Å². The van der Waals surface area contributed by atoms with Gasteiger partial charge in [-0.1, -0.05) is 30.5 Å². The quantitative estimate of drug-likeness (QED) is 0.846. The number of rotatable bonds is 4. The maximum atomic E-state index is 13.3. The van der Waals surface area contributed by atoms with Crippen LogP contribution < -0.4 is 5.32 Å². The van der Waals surface area contributed by atoms with Gasteiger partial charge in [-0.3, -0.25) is 9.69 Å². The molecule has 2 heterocycles. The van der Waals surface area contributed by atoms with Crippen molar-refractivity contribution in [3.05, 3.63) is 29.8 Å².